The molecule has 10 nitrogen and oxygen atoms in total. The summed E-state index contributed by atoms with van der Waals surface area (Å²) in [5, 5.41) is 13.4. The Hall–Kier alpha value is -2.14. The highest BCUT2D eigenvalue weighted by Gasteiger charge is 2.41. The van der Waals surface area contributed by atoms with Crippen molar-refractivity contribution in [1.82, 2.24) is 20.2 Å². The van der Waals surface area contributed by atoms with Crippen LogP contribution in [-0.2, 0) is 20.8 Å². The van der Waals surface area contributed by atoms with Crippen molar-refractivity contribution < 1.29 is 19.5 Å². The molecule has 1 saturated carbocycles. The number of rotatable bonds is 10. The van der Waals surface area contributed by atoms with E-state index in [-0.39, 0.29) is 29.9 Å². The monoisotopic (exact) mass is 488 g/mol. The number of ketones is 1. The van der Waals surface area contributed by atoms with Crippen molar-refractivity contribution in [3.05, 3.63) is 18.2 Å². The van der Waals surface area contributed by atoms with Gasteiger partial charge in [-0.3, -0.25) is 19.7 Å². The number of aliphatic hydroxyl groups excluding tert-OH is 1. The summed E-state index contributed by atoms with van der Waals surface area (Å²) < 4.78 is 0. The lowest BCUT2D eigenvalue weighted by Crippen LogP contribution is -2.55. The highest BCUT2D eigenvalue weighted by atomic mass is 16.3. The van der Waals surface area contributed by atoms with Gasteiger partial charge in [-0.15, -0.1) is 0 Å². The van der Waals surface area contributed by atoms with Gasteiger partial charge in [0.1, 0.15) is 0 Å². The molecule has 4 heterocycles. The number of hydrogen-bond donors (Lipinski definition) is 5. The summed E-state index contributed by atoms with van der Waals surface area (Å²) in [5.41, 5.74) is 13.5. The van der Waals surface area contributed by atoms with Crippen molar-refractivity contribution in [3.8, 4) is 0 Å². The number of aromatic amines is 1. The molecule has 10 heteroatoms. The lowest BCUT2D eigenvalue weighted by Gasteiger charge is -2.43. The number of aromatic nitrogens is 2. The number of piperidine rings is 3. The van der Waals surface area contributed by atoms with E-state index in [0.29, 0.717) is 18.9 Å². The van der Waals surface area contributed by atoms with E-state index in [1.165, 1.54) is 6.33 Å². The van der Waals surface area contributed by atoms with E-state index in [1.54, 1.807) is 6.20 Å². The standard InChI is InChI=1S/C25H40N6O4/c26-19(10-17-12-28-14-29-17)24(34)22(16-4-2-1-3-5-16)23(27)20(32)11-21(33)30-25(35)18-13-31-8-6-15(18)7-9-31/h12,14-16,18-20,22-23,32H,1-11,13,26-27H2,(H,28,29)(H,30,33,35)/t18-,19+,20?,22?,23?/m1/s1. The van der Waals surface area contributed by atoms with Gasteiger partial charge < -0.3 is 26.5 Å². The van der Waals surface area contributed by atoms with Gasteiger partial charge >= 0.3 is 0 Å². The Bertz CT molecular complexity index is 863. The first-order chi connectivity index (χ1) is 16.8. The Kier molecular flexibility index (Phi) is 8.69. The van der Waals surface area contributed by atoms with Crippen LogP contribution in [0.15, 0.2) is 12.5 Å². The SMILES string of the molecule is NC(C(O)CC(=O)NC(=O)[C@@H]1CN2CCC1CC2)C(C(=O)[C@@H](N)Cc1cnc[nH]1)C1CCCCC1. The van der Waals surface area contributed by atoms with E-state index in [4.69, 9.17) is 11.5 Å². The fourth-order valence-electron chi connectivity index (χ4n) is 6.32. The predicted octanol–water partition coefficient (Wildman–Crippen LogP) is 0.108. The third-order valence-corrected chi connectivity index (χ3v) is 8.36. The molecule has 3 saturated heterocycles. The second-order valence-electron chi connectivity index (χ2n) is 10.7. The van der Waals surface area contributed by atoms with Crippen molar-refractivity contribution in [1.29, 1.82) is 0 Å². The molecule has 4 aliphatic rings. The van der Waals surface area contributed by atoms with Crippen LogP contribution in [0.4, 0.5) is 0 Å². The van der Waals surface area contributed by atoms with Gasteiger partial charge in [0.2, 0.25) is 11.8 Å². The molecule has 194 valence electrons. The lowest BCUT2D eigenvalue weighted by atomic mass is 9.71. The average Bonchev–Trinajstić information content (AvgIpc) is 3.38. The normalized spacial score (nSPS) is 28.1. The molecule has 0 radical (unpaired) electrons. The Morgan fingerprint density at radius 3 is 2.46 bits per heavy atom. The second-order valence-corrected chi connectivity index (χ2v) is 10.7. The highest BCUT2D eigenvalue weighted by Crippen LogP contribution is 2.34. The number of fused-ring (bicyclic) bond motifs is 3. The van der Waals surface area contributed by atoms with Crippen LogP contribution in [0.3, 0.4) is 0 Å². The molecule has 2 bridgehead atoms. The van der Waals surface area contributed by atoms with Gasteiger partial charge in [-0.2, -0.15) is 0 Å². The first kappa shape index (κ1) is 25.9. The van der Waals surface area contributed by atoms with Gasteiger partial charge in [0.05, 0.1) is 30.8 Å². The van der Waals surface area contributed by atoms with Crippen molar-refractivity contribution >= 4 is 17.6 Å². The van der Waals surface area contributed by atoms with Crippen LogP contribution in [0.1, 0.15) is 57.1 Å². The minimum Gasteiger partial charge on any atom is -0.391 e. The van der Waals surface area contributed by atoms with Crippen LogP contribution >= 0.6 is 0 Å². The molecule has 4 fully saturated rings. The van der Waals surface area contributed by atoms with Crippen LogP contribution < -0.4 is 16.8 Å². The molecule has 5 rings (SSSR count). The molecule has 5 atom stereocenters. The molecule has 0 spiro atoms. The number of nitrogens with zero attached hydrogens (tertiary/aromatic N) is 2. The quantitative estimate of drug-likeness (QED) is 0.309. The zero-order valence-electron chi connectivity index (χ0n) is 20.4. The Morgan fingerprint density at radius 1 is 1.14 bits per heavy atom. The second kappa shape index (κ2) is 11.7. The number of carbonyl (C=O) groups is 3. The minimum atomic E-state index is -1.25. The molecule has 7 N–H and O–H groups in total. The van der Waals surface area contributed by atoms with Crippen LogP contribution in [0.5, 0.6) is 0 Å². The number of Topliss-reactive ketones (excluding diaryl/α,β-unsaturated/α-hetero) is 1. The van der Waals surface area contributed by atoms with Crippen molar-refractivity contribution in [2.24, 2.45) is 35.1 Å². The summed E-state index contributed by atoms with van der Waals surface area (Å²) >= 11 is 0. The van der Waals surface area contributed by atoms with Crippen molar-refractivity contribution in [3.63, 3.8) is 0 Å². The number of nitrogens with one attached hydrogen (secondary N) is 2. The molecule has 1 aliphatic carbocycles. The number of H-pyrrole nitrogens is 1. The molecule has 0 aromatic carbocycles. The lowest BCUT2D eigenvalue weighted by molar-refractivity contribution is -0.138. The maximum atomic E-state index is 13.4. The average molecular weight is 489 g/mol. The first-order valence-corrected chi connectivity index (χ1v) is 13.1. The fourth-order valence-corrected chi connectivity index (χ4v) is 6.32. The molecule has 1 aromatic heterocycles. The Morgan fingerprint density at radius 2 is 1.86 bits per heavy atom. The number of nitrogens with two attached hydrogens (primary N) is 2. The van der Waals surface area contributed by atoms with Gasteiger partial charge in [-0.05, 0) is 50.6 Å². The van der Waals surface area contributed by atoms with E-state index in [9.17, 15) is 19.5 Å². The van der Waals surface area contributed by atoms with Crippen LogP contribution in [0, 0.1) is 23.7 Å². The summed E-state index contributed by atoms with van der Waals surface area (Å²) in [6.07, 6.45) is 8.67. The van der Waals surface area contributed by atoms with E-state index in [2.05, 4.69) is 20.2 Å². The summed E-state index contributed by atoms with van der Waals surface area (Å²) in [7, 11) is 0. The maximum absolute atomic E-state index is 13.4. The summed E-state index contributed by atoms with van der Waals surface area (Å²) in [4.78, 5) is 48.0. The van der Waals surface area contributed by atoms with E-state index in [0.717, 1.165) is 63.7 Å². The zero-order chi connectivity index (χ0) is 24.9. The van der Waals surface area contributed by atoms with E-state index < -0.39 is 30.0 Å². The molecule has 3 aliphatic heterocycles. The molecule has 1 aromatic rings. The predicted molar refractivity (Wildman–Crippen MR) is 130 cm³/mol. The molecular formula is C25H40N6O4. The fraction of sp³-hybridized carbons (Fsp3) is 0.760. The largest absolute Gasteiger partial charge is 0.391 e. The Labute approximate surface area is 206 Å². The number of imide groups is 1. The Balaban J connectivity index is 1.37. The van der Waals surface area contributed by atoms with Crippen molar-refractivity contribution in [2.75, 3.05) is 19.6 Å². The number of aliphatic hydroxyl groups is 1. The van der Waals surface area contributed by atoms with Gasteiger partial charge in [0.15, 0.2) is 5.78 Å². The third-order valence-electron chi connectivity index (χ3n) is 8.36. The van der Waals surface area contributed by atoms with Gasteiger partial charge in [-0.25, -0.2) is 4.98 Å². The number of amides is 2. The van der Waals surface area contributed by atoms with Gasteiger partial charge in [0, 0.05) is 36.8 Å². The molecule has 2 amide bonds. The van der Waals surface area contributed by atoms with Crippen molar-refractivity contribution in [2.45, 2.75) is 76.0 Å². The third kappa shape index (κ3) is 6.35. The number of imidazole rings is 1. The van der Waals surface area contributed by atoms with Gasteiger partial charge in [-0.1, -0.05) is 19.3 Å². The number of carbonyl (C=O) groups excluding carboxylic acids is 3. The molecular weight excluding hydrogens is 448 g/mol. The molecule has 3 unspecified atom stereocenters. The summed E-state index contributed by atoms with van der Waals surface area (Å²) in [6, 6.07) is -1.72. The van der Waals surface area contributed by atoms with Gasteiger partial charge in [0.25, 0.3) is 0 Å². The highest BCUT2D eigenvalue weighted by molar-refractivity contribution is 5.96. The maximum Gasteiger partial charge on any atom is 0.231 e. The number of hydrogen-bond acceptors (Lipinski definition) is 8. The van der Waals surface area contributed by atoms with E-state index in [1.807, 2.05) is 0 Å². The summed E-state index contributed by atoms with van der Waals surface area (Å²) in [6.45, 7) is 2.70. The van der Waals surface area contributed by atoms with Crippen LogP contribution in [0.25, 0.3) is 0 Å². The first-order valence-electron chi connectivity index (χ1n) is 13.1. The summed E-state index contributed by atoms with van der Waals surface area (Å²) in [5.74, 6) is -1.52. The zero-order valence-corrected chi connectivity index (χ0v) is 20.4. The van der Waals surface area contributed by atoms with Crippen LogP contribution in [-0.4, -0.2) is 75.4 Å². The molecule has 35 heavy (non-hydrogen) atoms. The minimum absolute atomic E-state index is 0.0187. The topological polar surface area (TPSA) is 167 Å². The van der Waals surface area contributed by atoms with Crippen LogP contribution in [0.2, 0.25) is 0 Å². The smallest absolute Gasteiger partial charge is 0.231 e. The van der Waals surface area contributed by atoms with E-state index >= 15 is 0 Å².